The number of nitrogens with zero attached hydrogens (tertiary/aromatic N) is 1. The van der Waals surface area contributed by atoms with E-state index < -0.39 is 38.8 Å². The Morgan fingerprint density at radius 3 is 1.93 bits per heavy atom. The van der Waals surface area contributed by atoms with E-state index >= 15 is 0 Å². The van der Waals surface area contributed by atoms with E-state index in [1.807, 2.05) is 20.8 Å². The Labute approximate surface area is 167 Å². The fourth-order valence-electron chi connectivity index (χ4n) is 1.11. The van der Waals surface area contributed by atoms with E-state index in [1.54, 1.807) is 20.8 Å². The second kappa shape index (κ2) is 9.99. The lowest BCUT2D eigenvalue weighted by Crippen LogP contribution is -2.27. The lowest BCUT2D eigenvalue weighted by Gasteiger charge is -2.14. The fourth-order valence-corrected chi connectivity index (χ4v) is 1.85. The van der Waals surface area contributed by atoms with Gasteiger partial charge in [0, 0.05) is 0 Å². The summed E-state index contributed by atoms with van der Waals surface area (Å²) in [4.78, 5) is 0. The molecule has 1 rings (SSSR count). The molecule has 5 nitrogen and oxygen atoms in total. The van der Waals surface area contributed by atoms with Crippen molar-refractivity contribution in [2.45, 2.75) is 57.4 Å². The van der Waals surface area contributed by atoms with E-state index in [0.717, 1.165) is 12.3 Å². The van der Waals surface area contributed by atoms with Gasteiger partial charge >= 0.3 is 6.36 Å². The summed E-state index contributed by atoms with van der Waals surface area (Å²) in [6.07, 6.45) is -3.80. The van der Waals surface area contributed by atoms with Crippen molar-refractivity contribution in [3.8, 4) is 5.75 Å². The number of rotatable bonds is 3. The first-order valence-electron chi connectivity index (χ1n) is 7.61. The molecule has 2 atom stereocenters. The molecule has 0 amide bonds. The molecule has 1 aromatic carbocycles. The normalized spacial score (nSPS) is 15.1. The zero-order valence-electron chi connectivity index (χ0n) is 15.9. The van der Waals surface area contributed by atoms with Crippen molar-refractivity contribution in [3.63, 3.8) is 0 Å². The molecule has 0 heterocycles. The zero-order chi connectivity index (χ0) is 21.6. The van der Waals surface area contributed by atoms with Crippen LogP contribution in [0.2, 0.25) is 5.02 Å². The van der Waals surface area contributed by atoms with Crippen LogP contribution >= 0.6 is 11.6 Å². The van der Waals surface area contributed by atoms with Gasteiger partial charge in [0.2, 0.25) is 0 Å². The van der Waals surface area contributed by atoms with E-state index in [0.29, 0.717) is 0 Å². The Hall–Kier alpha value is -0.970. The molecule has 0 saturated carbocycles. The first-order chi connectivity index (χ1) is 11.9. The summed E-state index contributed by atoms with van der Waals surface area (Å²) in [7, 11) is -2.79. The van der Waals surface area contributed by atoms with Crippen LogP contribution in [0.1, 0.15) is 47.1 Å². The molecule has 0 aliphatic carbocycles. The van der Waals surface area contributed by atoms with Gasteiger partial charge in [-0.25, -0.2) is 8.42 Å². The summed E-state index contributed by atoms with van der Waals surface area (Å²) < 4.78 is 65.6. The van der Waals surface area contributed by atoms with Gasteiger partial charge in [0.05, 0.1) is 37.3 Å². The molecular formula is C16H24ClF3N2O3S2. The molecule has 0 aromatic heterocycles. The van der Waals surface area contributed by atoms with Crippen LogP contribution in [0, 0.1) is 0 Å². The lowest BCUT2D eigenvalue weighted by atomic mass is 10.2. The monoisotopic (exact) mass is 448 g/mol. The van der Waals surface area contributed by atoms with Gasteiger partial charge in [-0.05, 0) is 53.7 Å². The molecule has 0 spiro atoms. The standard InChI is InChI=1S/C12H13ClF3NO2S.C4H11NOS/c1-11(2,3)20(18)17-7-8-9(13)5-4-6-10(8)19-12(14,15)16;1-4(2,3)7(5)6/h4-7H,1-3H3;5H2,1-3H3/t20-;7-/m00/s1. The fraction of sp³-hybridized carbons (Fsp3) is 0.562. The highest BCUT2D eigenvalue weighted by Crippen LogP contribution is 2.30. The predicted octanol–water partition coefficient (Wildman–Crippen LogP) is 4.53. The Morgan fingerprint density at radius 1 is 1.07 bits per heavy atom. The third-order valence-corrected chi connectivity index (χ3v) is 5.52. The number of hydrogen-bond donors (Lipinski definition) is 1. The van der Waals surface area contributed by atoms with E-state index in [-0.39, 0.29) is 15.3 Å². The van der Waals surface area contributed by atoms with Crippen molar-refractivity contribution in [1.29, 1.82) is 0 Å². The molecule has 0 fully saturated rings. The summed E-state index contributed by atoms with van der Waals surface area (Å²) >= 11 is 5.82. The highest BCUT2D eigenvalue weighted by molar-refractivity contribution is 7.85. The van der Waals surface area contributed by atoms with Gasteiger partial charge in [0.15, 0.2) is 0 Å². The number of hydrogen-bond acceptors (Lipinski definition) is 3. The third-order valence-electron chi connectivity index (χ3n) is 2.64. The first-order valence-corrected chi connectivity index (χ1v) is 10.3. The van der Waals surface area contributed by atoms with Crippen molar-refractivity contribution in [2.75, 3.05) is 0 Å². The number of ether oxygens (including phenoxy) is 1. The van der Waals surface area contributed by atoms with Crippen molar-refractivity contribution in [3.05, 3.63) is 28.8 Å². The number of halogens is 4. The summed E-state index contributed by atoms with van der Waals surface area (Å²) in [5.41, 5.74) is -0.0657. The second-order valence-corrected chi connectivity index (χ2v) is 11.4. The van der Waals surface area contributed by atoms with Crippen LogP contribution in [0.15, 0.2) is 22.6 Å². The van der Waals surface area contributed by atoms with Crippen LogP contribution in [0.4, 0.5) is 13.2 Å². The van der Waals surface area contributed by atoms with Gasteiger partial charge in [-0.2, -0.15) is 4.40 Å². The first kappa shape index (κ1) is 26.0. The predicted molar refractivity (Wildman–Crippen MR) is 106 cm³/mol. The molecule has 0 radical (unpaired) electrons. The van der Waals surface area contributed by atoms with Gasteiger partial charge in [0.25, 0.3) is 0 Å². The lowest BCUT2D eigenvalue weighted by molar-refractivity contribution is -0.274. The summed E-state index contributed by atoms with van der Waals surface area (Å²) in [6, 6.07) is 3.83. The Balaban J connectivity index is 0.000000821. The van der Waals surface area contributed by atoms with Crippen LogP contribution in [0.25, 0.3) is 0 Å². The second-order valence-electron chi connectivity index (χ2n) is 7.21. The van der Waals surface area contributed by atoms with Crippen LogP contribution in [0.5, 0.6) is 5.75 Å². The Morgan fingerprint density at radius 2 is 1.56 bits per heavy atom. The van der Waals surface area contributed by atoms with E-state index in [4.69, 9.17) is 16.7 Å². The minimum atomic E-state index is -4.84. The van der Waals surface area contributed by atoms with Gasteiger partial charge in [0.1, 0.15) is 16.7 Å². The van der Waals surface area contributed by atoms with Crippen LogP contribution in [-0.2, 0) is 22.0 Å². The van der Waals surface area contributed by atoms with E-state index in [1.165, 1.54) is 12.1 Å². The molecule has 1 aromatic rings. The molecule has 2 N–H and O–H groups in total. The van der Waals surface area contributed by atoms with Gasteiger partial charge in [-0.1, -0.05) is 17.7 Å². The highest BCUT2D eigenvalue weighted by Gasteiger charge is 2.32. The minimum Gasteiger partial charge on any atom is -0.405 e. The van der Waals surface area contributed by atoms with E-state index in [2.05, 4.69) is 9.13 Å². The highest BCUT2D eigenvalue weighted by atomic mass is 35.5. The van der Waals surface area contributed by atoms with Gasteiger partial charge < -0.3 is 4.74 Å². The van der Waals surface area contributed by atoms with Crippen molar-refractivity contribution < 1.29 is 26.3 Å². The molecule has 0 aliphatic rings. The molecule has 0 aliphatic heterocycles. The molecule has 0 bridgehead atoms. The average Bonchev–Trinajstić information content (AvgIpc) is 2.43. The van der Waals surface area contributed by atoms with Crippen molar-refractivity contribution >= 4 is 39.8 Å². The molecular weight excluding hydrogens is 425 g/mol. The largest absolute Gasteiger partial charge is 0.573 e. The van der Waals surface area contributed by atoms with Gasteiger partial charge in [-0.3, -0.25) is 5.14 Å². The SMILES string of the molecule is CC(C)(C)[S@@](N)=O.CC(C)(C)[S@](=O)N=Cc1c(Cl)cccc1OC(F)(F)F. The minimum absolute atomic E-state index is 0.0291. The maximum atomic E-state index is 12.3. The molecule has 0 saturated heterocycles. The summed E-state index contributed by atoms with van der Waals surface area (Å²) in [5.74, 6) is -0.486. The molecule has 156 valence electrons. The van der Waals surface area contributed by atoms with Crippen LogP contribution in [0.3, 0.4) is 0 Å². The van der Waals surface area contributed by atoms with Crippen molar-refractivity contribution in [1.82, 2.24) is 0 Å². The third kappa shape index (κ3) is 10.8. The Kier molecular flexibility index (Phi) is 9.63. The smallest absolute Gasteiger partial charge is 0.405 e. The van der Waals surface area contributed by atoms with Gasteiger partial charge in [-0.15, -0.1) is 13.2 Å². The van der Waals surface area contributed by atoms with Crippen LogP contribution < -0.4 is 9.88 Å². The quantitative estimate of drug-likeness (QED) is 0.690. The molecule has 11 heteroatoms. The number of alkyl halides is 3. The summed E-state index contributed by atoms with van der Waals surface area (Å²) in [6.45, 7) is 10.6. The maximum absolute atomic E-state index is 12.3. The van der Waals surface area contributed by atoms with Crippen molar-refractivity contribution in [2.24, 2.45) is 9.54 Å². The number of benzene rings is 1. The van der Waals surface area contributed by atoms with E-state index in [9.17, 15) is 21.6 Å². The number of nitrogens with two attached hydrogens (primary N) is 1. The Bertz CT molecular complexity index is 712. The average molecular weight is 449 g/mol. The molecule has 27 heavy (non-hydrogen) atoms. The topological polar surface area (TPSA) is 81.8 Å². The summed E-state index contributed by atoms with van der Waals surface area (Å²) in [5, 5.41) is 5.07. The zero-order valence-corrected chi connectivity index (χ0v) is 18.3. The van der Waals surface area contributed by atoms with Crippen LogP contribution in [-0.4, -0.2) is 30.5 Å². The molecule has 0 unspecified atom stereocenters. The maximum Gasteiger partial charge on any atom is 0.573 e.